The minimum atomic E-state index is -0.796. The van der Waals surface area contributed by atoms with Crippen molar-refractivity contribution in [3.63, 3.8) is 0 Å². The molecular weight excluding hydrogens is 422 g/mol. The molecule has 0 atom stereocenters. The van der Waals surface area contributed by atoms with Gasteiger partial charge in [-0.1, -0.05) is 24.3 Å². The Labute approximate surface area is 190 Å². The van der Waals surface area contributed by atoms with Crippen molar-refractivity contribution >= 4 is 46.5 Å². The first-order valence-corrected chi connectivity index (χ1v) is 10.5. The number of urea groups is 1. The number of anilines is 1. The van der Waals surface area contributed by atoms with E-state index in [1.165, 1.54) is 6.08 Å². The van der Waals surface area contributed by atoms with E-state index >= 15 is 0 Å². The first kappa shape index (κ1) is 22.0. The molecule has 1 N–H and O–H groups in total. The highest BCUT2D eigenvalue weighted by molar-refractivity contribution is 6.39. The lowest BCUT2D eigenvalue weighted by Crippen LogP contribution is -2.54. The van der Waals surface area contributed by atoms with E-state index in [1.807, 2.05) is 44.2 Å². The van der Waals surface area contributed by atoms with Crippen LogP contribution in [0.25, 0.3) is 17.0 Å². The minimum Gasteiger partial charge on any atom is -0.465 e. The number of esters is 1. The molecule has 33 heavy (non-hydrogen) atoms. The highest BCUT2D eigenvalue weighted by Gasteiger charge is 2.37. The molecular formula is C25H23N3O5. The second-order valence-corrected chi connectivity index (χ2v) is 7.76. The van der Waals surface area contributed by atoms with Crippen LogP contribution in [0.5, 0.6) is 0 Å². The summed E-state index contributed by atoms with van der Waals surface area (Å²) in [6, 6.07) is 11.7. The quantitative estimate of drug-likeness (QED) is 0.368. The van der Waals surface area contributed by atoms with Gasteiger partial charge >= 0.3 is 12.0 Å². The standard InChI is InChI=1S/C25H23N3O5/c1-4-33-22(29)14-27-13-17(19-7-5-6-8-21(19)27)12-20-23(30)26-25(32)28(24(20)31)18-10-9-15(2)16(3)11-18/h5-13H,4,14H2,1-3H3,(H,26,30,32)/b20-12+. The van der Waals surface area contributed by atoms with E-state index in [2.05, 4.69) is 5.32 Å². The van der Waals surface area contributed by atoms with Gasteiger partial charge in [0.2, 0.25) is 0 Å². The Morgan fingerprint density at radius 3 is 2.55 bits per heavy atom. The number of hydrogen-bond donors (Lipinski definition) is 1. The van der Waals surface area contributed by atoms with Crippen molar-refractivity contribution in [3.05, 3.63) is 70.9 Å². The summed E-state index contributed by atoms with van der Waals surface area (Å²) in [4.78, 5) is 51.3. The van der Waals surface area contributed by atoms with Crippen LogP contribution in [0.2, 0.25) is 0 Å². The van der Waals surface area contributed by atoms with Crippen molar-refractivity contribution in [2.45, 2.75) is 27.3 Å². The van der Waals surface area contributed by atoms with Crippen molar-refractivity contribution in [1.29, 1.82) is 0 Å². The number of nitrogens with one attached hydrogen (secondary N) is 1. The molecule has 4 amide bonds. The first-order chi connectivity index (χ1) is 15.8. The number of benzene rings is 2. The van der Waals surface area contributed by atoms with Gasteiger partial charge in [0.05, 0.1) is 12.3 Å². The smallest absolute Gasteiger partial charge is 0.335 e. The third-order valence-electron chi connectivity index (χ3n) is 5.57. The predicted molar refractivity (Wildman–Crippen MR) is 123 cm³/mol. The van der Waals surface area contributed by atoms with Crippen molar-refractivity contribution in [2.24, 2.45) is 0 Å². The Morgan fingerprint density at radius 2 is 1.82 bits per heavy atom. The van der Waals surface area contributed by atoms with E-state index in [-0.39, 0.29) is 18.7 Å². The molecule has 1 fully saturated rings. The maximum Gasteiger partial charge on any atom is 0.335 e. The molecule has 2 heterocycles. The number of carbonyl (C=O) groups excluding carboxylic acids is 4. The molecule has 1 aromatic heterocycles. The minimum absolute atomic E-state index is 0.00900. The molecule has 0 radical (unpaired) electrons. The summed E-state index contributed by atoms with van der Waals surface area (Å²) in [5.41, 5.74) is 3.46. The van der Waals surface area contributed by atoms with Crippen LogP contribution in [0.1, 0.15) is 23.6 Å². The maximum absolute atomic E-state index is 13.2. The van der Waals surface area contributed by atoms with Crippen LogP contribution in [0.4, 0.5) is 10.5 Å². The van der Waals surface area contributed by atoms with Crippen molar-refractivity contribution < 1.29 is 23.9 Å². The Bertz CT molecular complexity index is 1340. The van der Waals surface area contributed by atoms with E-state index in [0.717, 1.165) is 26.9 Å². The monoisotopic (exact) mass is 445 g/mol. The fourth-order valence-electron chi connectivity index (χ4n) is 3.78. The molecule has 0 saturated carbocycles. The highest BCUT2D eigenvalue weighted by atomic mass is 16.5. The van der Waals surface area contributed by atoms with Gasteiger partial charge in [-0.15, -0.1) is 0 Å². The van der Waals surface area contributed by atoms with Crippen molar-refractivity contribution in [1.82, 2.24) is 9.88 Å². The highest BCUT2D eigenvalue weighted by Crippen LogP contribution is 2.27. The van der Waals surface area contributed by atoms with Gasteiger partial charge in [-0.25, -0.2) is 9.69 Å². The van der Waals surface area contributed by atoms with Gasteiger partial charge in [0.15, 0.2) is 0 Å². The molecule has 0 spiro atoms. The normalized spacial score (nSPS) is 15.3. The molecule has 0 unspecified atom stereocenters. The Balaban J connectivity index is 1.77. The Hall–Kier alpha value is -4.20. The third kappa shape index (κ3) is 4.15. The number of aryl methyl sites for hydroxylation is 2. The zero-order valence-corrected chi connectivity index (χ0v) is 18.5. The lowest BCUT2D eigenvalue weighted by molar-refractivity contribution is -0.143. The molecule has 3 aromatic rings. The summed E-state index contributed by atoms with van der Waals surface area (Å²) < 4.78 is 6.75. The lowest BCUT2D eigenvalue weighted by atomic mass is 10.0. The van der Waals surface area contributed by atoms with E-state index < -0.39 is 23.8 Å². The molecule has 1 aliphatic heterocycles. The number of fused-ring (bicyclic) bond motifs is 1. The van der Waals surface area contributed by atoms with Crippen LogP contribution >= 0.6 is 0 Å². The molecule has 8 nitrogen and oxygen atoms in total. The average Bonchev–Trinajstić information content (AvgIpc) is 3.11. The predicted octanol–water partition coefficient (Wildman–Crippen LogP) is 3.49. The fraction of sp³-hybridized carbons (Fsp3) is 0.200. The van der Waals surface area contributed by atoms with Crippen LogP contribution in [-0.2, 0) is 25.7 Å². The van der Waals surface area contributed by atoms with E-state index in [4.69, 9.17) is 4.74 Å². The molecule has 1 aliphatic rings. The van der Waals surface area contributed by atoms with Gasteiger partial charge in [-0.2, -0.15) is 0 Å². The third-order valence-corrected chi connectivity index (χ3v) is 5.57. The first-order valence-electron chi connectivity index (χ1n) is 10.5. The summed E-state index contributed by atoms with van der Waals surface area (Å²) in [6.45, 7) is 5.80. The molecule has 8 heteroatoms. The van der Waals surface area contributed by atoms with E-state index in [0.29, 0.717) is 11.3 Å². The molecule has 168 valence electrons. The zero-order valence-electron chi connectivity index (χ0n) is 18.5. The largest absolute Gasteiger partial charge is 0.465 e. The number of amides is 4. The summed E-state index contributed by atoms with van der Waals surface area (Å²) in [6.07, 6.45) is 3.13. The Morgan fingerprint density at radius 1 is 1.06 bits per heavy atom. The topological polar surface area (TPSA) is 97.7 Å². The van der Waals surface area contributed by atoms with Gasteiger partial charge in [-0.05, 0) is 56.2 Å². The number of carbonyl (C=O) groups is 4. The second-order valence-electron chi connectivity index (χ2n) is 7.76. The van der Waals surface area contributed by atoms with Crippen LogP contribution in [0.3, 0.4) is 0 Å². The number of para-hydroxylation sites is 1. The number of barbiturate groups is 1. The van der Waals surface area contributed by atoms with Gasteiger partial charge in [0.25, 0.3) is 11.8 Å². The van der Waals surface area contributed by atoms with Crippen LogP contribution < -0.4 is 10.2 Å². The van der Waals surface area contributed by atoms with Gasteiger partial charge in [-0.3, -0.25) is 19.7 Å². The summed E-state index contributed by atoms with van der Waals surface area (Å²) >= 11 is 0. The number of nitrogens with zero attached hydrogens (tertiary/aromatic N) is 2. The summed E-state index contributed by atoms with van der Waals surface area (Å²) in [7, 11) is 0. The Kier molecular flexibility index (Phi) is 5.83. The molecule has 4 rings (SSSR count). The zero-order chi connectivity index (χ0) is 23.7. The molecule has 0 bridgehead atoms. The van der Waals surface area contributed by atoms with E-state index in [1.54, 1.807) is 29.8 Å². The fourth-order valence-corrected chi connectivity index (χ4v) is 3.78. The van der Waals surface area contributed by atoms with Gasteiger partial charge in [0, 0.05) is 22.7 Å². The number of ether oxygens (including phenoxy) is 1. The number of aromatic nitrogens is 1. The summed E-state index contributed by atoms with van der Waals surface area (Å²) in [5, 5.41) is 3.00. The molecule has 0 aliphatic carbocycles. The second kappa shape index (κ2) is 8.74. The molecule has 2 aromatic carbocycles. The number of imide groups is 2. The average molecular weight is 445 g/mol. The molecule has 1 saturated heterocycles. The van der Waals surface area contributed by atoms with Crippen molar-refractivity contribution in [3.8, 4) is 0 Å². The van der Waals surface area contributed by atoms with Crippen LogP contribution in [-0.4, -0.2) is 35.0 Å². The van der Waals surface area contributed by atoms with Gasteiger partial charge in [0.1, 0.15) is 12.1 Å². The SMILES string of the molecule is CCOC(=O)Cn1cc(/C=C2\C(=O)NC(=O)N(c3ccc(C)c(C)c3)C2=O)c2ccccc21. The van der Waals surface area contributed by atoms with Gasteiger partial charge < -0.3 is 9.30 Å². The lowest BCUT2D eigenvalue weighted by Gasteiger charge is -2.26. The number of hydrogen-bond acceptors (Lipinski definition) is 5. The van der Waals surface area contributed by atoms with Crippen LogP contribution in [0, 0.1) is 13.8 Å². The van der Waals surface area contributed by atoms with E-state index in [9.17, 15) is 19.2 Å². The maximum atomic E-state index is 13.2. The van der Waals surface area contributed by atoms with Crippen LogP contribution in [0.15, 0.2) is 54.2 Å². The number of rotatable bonds is 5. The summed E-state index contributed by atoms with van der Waals surface area (Å²) in [5.74, 6) is -1.88. The van der Waals surface area contributed by atoms with Crippen molar-refractivity contribution in [2.75, 3.05) is 11.5 Å².